The summed E-state index contributed by atoms with van der Waals surface area (Å²) in [6.07, 6.45) is 1.54. The summed E-state index contributed by atoms with van der Waals surface area (Å²) in [6.45, 7) is 6.23. The van der Waals surface area contributed by atoms with Gasteiger partial charge in [0.15, 0.2) is 0 Å². The highest BCUT2D eigenvalue weighted by Gasteiger charge is 2.13. The molecule has 3 nitrogen and oxygen atoms in total. The van der Waals surface area contributed by atoms with Crippen LogP contribution in [0.4, 0.5) is 5.69 Å². The van der Waals surface area contributed by atoms with E-state index < -0.39 is 0 Å². The molecule has 0 aromatic heterocycles. The molecule has 2 atom stereocenters. The molecule has 102 valence electrons. The Hall–Kier alpha value is -1.22. The van der Waals surface area contributed by atoms with Crippen molar-refractivity contribution in [1.82, 2.24) is 0 Å². The molecule has 0 aliphatic carbocycles. The molecule has 0 spiro atoms. The minimum atomic E-state index is -0.278. The van der Waals surface area contributed by atoms with Gasteiger partial charge in [0.1, 0.15) is 5.75 Å². The number of benzene rings is 1. The lowest BCUT2D eigenvalue weighted by Gasteiger charge is -2.23. The van der Waals surface area contributed by atoms with Gasteiger partial charge in [0.25, 0.3) is 0 Å². The summed E-state index contributed by atoms with van der Waals surface area (Å²) in [5.41, 5.74) is 1.07. The molecule has 3 heteroatoms. The third-order valence-electron chi connectivity index (χ3n) is 2.84. The van der Waals surface area contributed by atoms with Crippen LogP contribution in [0.5, 0.6) is 5.75 Å². The zero-order chi connectivity index (χ0) is 13.5. The van der Waals surface area contributed by atoms with Gasteiger partial charge in [-0.25, -0.2) is 0 Å². The summed E-state index contributed by atoms with van der Waals surface area (Å²) in [6, 6.07) is 8.20. The fourth-order valence-corrected chi connectivity index (χ4v) is 2.12. The van der Waals surface area contributed by atoms with Crippen molar-refractivity contribution < 1.29 is 9.84 Å². The minimum absolute atomic E-state index is 0.278. The highest BCUT2D eigenvalue weighted by molar-refractivity contribution is 5.47. The highest BCUT2D eigenvalue weighted by Crippen LogP contribution is 2.19. The maximum absolute atomic E-state index is 9.54. The van der Waals surface area contributed by atoms with Crippen LogP contribution in [-0.4, -0.2) is 24.4 Å². The Morgan fingerprint density at radius 2 is 1.72 bits per heavy atom. The van der Waals surface area contributed by atoms with Crippen molar-refractivity contribution in [3.05, 3.63) is 24.3 Å². The largest absolute Gasteiger partial charge is 0.497 e. The van der Waals surface area contributed by atoms with E-state index in [1.165, 1.54) is 0 Å². The van der Waals surface area contributed by atoms with Gasteiger partial charge in [0.2, 0.25) is 0 Å². The first-order valence-corrected chi connectivity index (χ1v) is 6.60. The number of aliphatic hydroxyl groups excluding tert-OH is 1. The molecule has 1 aromatic rings. The molecule has 0 fully saturated rings. The molecule has 0 unspecified atom stereocenters. The van der Waals surface area contributed by atoms with Crippen molar-refractivity contribution in [1.29, 1.82) is 0 Å². The van der Waals surface area contributed by atoms with Crippen LogP contribution in [-0.2, 0) is 0 Å². The number of rotatable bonds is 7. The summed E-state index contributed by atoms with van der Waals surface area (Å²) in [5, 5.41) is 13.0. The monoisotopic (exact) mass is 251 g/mol. The molecule has 0 amide bonds. The molecule has 0 heterocycles. The Bertz CT molecular complexity index is 323. The van der Waals surface area contributed by atoms with Crippen molar-refractivity contribution in [3.8, 4) is 5.75 Å². The van der Waals surface area contributed by atoms with Crippen molar-refractivity contribution in [2.45, 2.75) is 45.8 Å². The van der Waals surface area contributed by atoms with Crippen LogP contribution in [0, 0.1) is 5.92 Å². The van der Waals surface area contributed by atoms with E-state index in [0.717, 1.165) is 24.3 Å². The summed E-state index contributed by atoms with van der Waals surface area (Å²) in [7, 11) is 1.66. The Balaban J connectivity index is 2.62. The standard InChI is InChI=1S/C15H25NO2/c1-11(2)9-14(10-12(3)17)16-13-5-7-15(18-4)8-6-13/h5-8,11-12,14,16-17H,9-10H2,1-4H3/t12-,14-/m0/s1. The molecule has 1 aromatic carbocycles. The van der Waals surface area contributed by atoms with Gasteiger partial charge in [-0.15, -0.1) is 0 Å². The molecule has 0 bridgehead atoms. The van der Waals surface area contributed by atoms with E-state index in [1.54, 1.807) is 7.11 Å². The Labute approximate surface area is 110 Å². The van der Waals surface area contributed by atoms with Gasteiger partial charge in [0, 0.05) is 11.7 Å². The van der Waals surface area contributed by atoms with E-state index in [0.29, 0.717) is 12.0 Å². The van der Waals surface area contributed by atoms with E-state index in [1.807, 2.05) is 31.2 Å². The molecule has 0 radical (unpaired) electrons. The molecule has 0 aliphatic heterocycles. The zero-order valence-electron chi connectivity index (χ0n) is 11.8. The lowest BCUT2D eigenvalue weighted by atomic mass is 9.99. The number of hydrogen-bond acceptors (Lipinski definition) is 3. The van der Waals surface area contributed by atoms with Gasteiger partial charge in [0.05, 0.1) is 13.2 Å². The van der Waals surface area contributed by atoms with Crippen molar-refractivity contribution in [3.63, 3.8) is 0 Å². The number of methoxy groups -OCH3 is 1. The van der Waals surface area contributed by atoms with Gasteiger partial charge in [-0.3, -0.25) is 0 Å². The summed E-state index contributed by atoms with van der Waals surface area (Å²) >= 11 is 0. The number of ether oxygens (including phenoxy) is 1. The van der Waals surface area contributed by atoms with E-state index in [2.05, 4.69) is 19.2 Å². The molecule has 2 N–H and O–H groups in total. The molecule has 1 rings (SSSR count). The van der Waals surface area contributed by atoms with Crippen LogP contribution in [0.15, 0.2) is 24.3 Å². The number of aliphatic hydroxyl groups is 1. The topological polar surface area (TPSA) is 41.5 Å². The third-order valence-corrected chi connectivity index (χ3v) is 2.84. The van der Waals surface area contributed by atoms with Gasteiger partial charge >= 0.3 is 0 Å². The van der Waals surface area contributed by atoms with Gasteiger partial charge in [-0.2, -0.15) is 0 Å². The fraction of sp³-hybridized carbons (Fsp3) is 0.600. The average Bonchev–Trinajstić information content (AvgIpc) is 2.28. The lowest BCUT2D eigenvalue weighted by Crippen LogP contribution is -2.25. The summed E-state index contributed by atoms with van der Waals surface area (Å²) in [4.78, 5) is 0. The Morgan fingerprint density at radius 3 is 2.17 bits per heavy atom. The van der Waals surface area contributed by atoms with E-state index in [4.69, 9.17) is 4.74 Å². The quantitative estimate of drug-likeness (QED) is 0.781. The van der Waals surface area contributed by atoms with Gasteiger partial charge in [-0.05, 0) is 49.9 Å². The van der Waals surface area contributed by atoms with E-state index in [9.17, 15) is 5.11 Å². The normalized spacial score (nSPS) is 14.3. The van der Waals surface area contributed by atoms with Crippen molar-refractivity contribution in [2.24, 2.45) is 5.92 Å². The van der Waals surface area contributed by atoms with Crippen LogP contribution in [0.1, 0.15) is 33.6 Å². The summed E-state index contributed by atoms with van der Waals surface area (Å²) in [5.74, 6) is 1.47. The highest BCUT2D eigenvalue weighted by atomic mass is 16.5. The number of hydrogen-bond donors (Lipinski definition) is 2. The number of anilines is 1. The van der Waals surface area contributed by atoms with Crippen LogP contribution in [0.3, 0.4) is 0 Å². The first-order valence-electron chi connectivity index (χ1n) is 6.60. The zero-order valence-corrected chi connectivity index (χ0v) is 11.8. The lowest BCUT2D eigenvalue weighted by molar-refractivity contribution is 0.174. The molecule has 0 saturated heterocycles. The second kappa shape index (κ2) is 7.27. The van der Waals surface area contributed by atoms with Crippen LogP contribution < -0.4 is 10.1 Å². The molecule has 0 saturated carbocycles. The van der Waals surface area contributed by atoms with Gasteiger partial charge in [-0.1, -0.05) is 13.8 Å². The maximum Gasteiger partial charge on any atom is 0.119 e. The Morgan fingerprint density at radius 1 is 1.11 bits per heavy atom. The van der Waals surface area contributed by atoms with Crippen LogP contribution in [0.2, 0.25) is 0 Å². The maximum atomic E-state index is 9.54. The summed E-state index contributed by atoms with van der Waals surface area (Å²) < 4.78 is 5.14. The first-order chi connectivity index (χ1) is 8.51. The predicted octanol–water partition coefficient (Wildman–Crippen LogP) is 3.29. The Kier molecular flexibility index (Phi) is 5.99. The number of nitrogens with one attached hydrogen (secondary N) is 1. The molecular weight excluding hydrogens is 226 g/mol. The second-order valence-corrected chi connectivity index (χ2v) is 5.28. The van der Waals surface area contributed by atoms with Crippen LogP contribution >= 0.6 is 0 Å². The van der Waals surface area contributed by atoms with Crippen molar-refractivity contribution in [2.75, 3.05) is 12.4 Å². The first kappa shape index (κ1) is 14.8. The second-order valence-electron chi connectivity index (χ2n) is 5.28. The molecular formula is C15H25NO2. The van der Waals surface area contributed by atoms with Gasteiger partial charge < -0.3 is 15.2 Å². The third kappa shape index (κ3) is 5.41. The smallest absolute Gasteiger partial charge is 0.119 e. The van der Waals surface area contributed by atoms with E-state index in [-0.39, 0.29) is 6.10 Å². The minimum Gasteiger partial charge on any atom is -0.497 e. The van der Waals surface area contributed by atoms with E-state index >= 15 is 0 Å². The SMILES string of the molecule is COc1ccc(N[C@@H](CC(C)C)C[C@H](C)O)cc1. The van der Waals surface area contributed by atoms with Crippen LogP contribution in [0.25, 0.3) is 0 Å². The fourth-order valence-electron chi connectivity index (χ4n) is 2.12. The van der Waals surface area contributed by atoms with Crippen molar-refractivity contribution >= 4 is 5.69 Å². The molecule has 18 heavy (non-hydrogen) atoms. The average molecular weight is 251 g/mol. The predicted molar refractivity (Wildman–Crippen MR) is 76.2 cm³/mol. The molecule has 0 aliphatic rings.